The molecule has 0 aromatic heterocycles. The minimum atomic E-state index is 0.0398. The second-order valence-electron chi connectivity index (χ2n) is 4.94. The van der Waals surface area contributed by atoms with E-state index in [1.807, 2.05) is 32.0 Å². The molecule has 0 fully saturated rings. The van der Waals surface area contributed by atoms with Crippen LogP contribution in [-0.4, -0.2) is 0 Å². The zero-order valence-electron chi connectivity index (χ0n) is 11.6. The van der Waals surface area contributed by atoms with Crippen molar-refractivity contribution in [3.63, 3.8) is 0 Å². The van der Waals surface area contributed by atoms with Gasteiger partial charge in [-0.15, -0.1) is 0 Å². The van der Waals surface area contributed by atoms with Crippen LogP contribution in [0.2, 0.25) is 20.1 Å². The maximum absolute atomic E-state index is 6.24. The molecule has 2 aromatic carbocycles. The van der Waals surface area contributed by atoms with E-state index >= 15 is 0 Å². The summed E-state index contributed by atoms with van der Waals surface area (Å²) in [4.78, 5) is 0. The average Bonchev–Trinajstić information content (AvgIpc) is 2.41. The summed E-state index contributed by atoms with van der Waals surface area (Å²) in [6.07, 6.45) is 0. The van der Waals surface area contributed by atoms with Crippen LogP contribution in [0, 0.1) is 0 Å². The lowest BCUT2D eigenvalue weighted by Gasteiger charge is -2.22. The van der Waals surface area contributed by atoms with E-state index in [9.17, 15) is 0 Å². The Bertz CT molecular complexity index is 642. The molecule has 21 heavy (non-hydrogen) atoms. The molecule has 0 heterocycles. The molecule has 1 N–H and O–H groups in total. The van der Waals surface area contributed by atoms with Crippen molar-refractivity contribution in [3.05, 3.63) is 67.6 Å². The van der Waals surface area contributed by atoms with E-state index in [-0.39, 0.29) is 12.1 Å². The summed E-state index contributed by atoms with van der Waals surface area (Å²) in [7, 11) is 0. The third-order valence-electron chi connectivity index (χ3n) is 3.35. The van der Waals surface area contributed by atoms with Crippen molar-refractivity contribution in [1.29, 1.82) is 0 Å². The number of nitrogens with one attached hydrogen (secondary N) is 1. The SMILES string of the molecule is CC(NC(C)c1cc(Cl)ccc1Cl)c1ccc(Cl)cc1Cl. The van der Waals surface area contributed by atoms with Gasteiger partial charge in [-0.05, 0) is 55.3 Å². The quantitative estimate of drug-likeness (QED) is 0.636. The normalized spacial score (nSPS) is 14.0. The molecule has 2 unspecified atom stereocenters. The summed E-state index contributed by atoms with van der Waals surface area (Å²) in [5.41, 5.74) is 1.95. The third-order valence-corrected chi connectivity index (χ3v) is 4.50. The Morgan fingerprint density at radius 1 is 0.714 bits per heavy atom. The largest absolute Gasteiger partial charge is 0.304 e. The Morgan fingerprint density at radius 3 is 1.95 bits per heavy atom. The van der Waals surface area contributed by atoms with Crippen molar-refractivity contribution in [1.82, 2.24) is 5.32 Å². The van der Waals surface area contributed by atoms with E-state index in [1.165, 1.54) is 0 Å². The number of benzene rings is 2. The van der Waals surface area contributed by atoms with E-state index < -0.39 is 0 Å². The van der Waals surface area contributed by atoms with Gasteiger partial charge in [-0.3, -0.25) is 0 Å². The summed E-state index contributed by atoms with van der Waals surface area (Å²) < 4.78 is 0. The van der Waals surface area contributed by atoms with Gasteiger partial charge in [-0.25, -0.2) is 0 Å². The first kappa shape index (κ1) is 16.9. The third kappa shape index (κ3) is 4.28. The highest BCUT2D eigenvalue weighted by Crippen LogP contribution is 2.30. The Morgan fingerprint density at radius 2 is 1.29 bits per heavy atom. The molecule has 1 nitrogen and oxygen atoms in total. The summed E-state index contributed by atoms with van der Waals surface area (Å²) in [5, 5.41) is 6.10. The molecule has 2 aromatic rings. The molecular formula is C16H15Cl4N. The van der Waals surface area contributed by atoms with Gasteiger partial charge in [0.1, 0.15) is 0 Å². The minimum absolute atomic E-state index is 0.0398. The number of hydrogen-bond donors (Lipinski definition) is 1. The van der Waals surface area contributed by atoms with Gasteiger partial charge in [0.05, 0.1) is 0 Å². The van der Waals surface area contributed by atoms with Crippen LogP contribution in [0.4, 0.5) is 0 Å². The summed E-state index contributed by atoms with van der Waals surface area (Å²) in [5.74, 6) is 0. The van der Waals surface area contributed by atoms with Gasteiger partial charge in [-0.2, -0.15) is 0 Å². The van der Waals surface area contributed by atoms with Crippen molar-refractivity contribution < 1.29 is 0 Å². The predicted octanol–water partition coefficient (Wildman–Crippen LogP) is 6.71. The molecule has 0 bridgehead atoms. The first-order valence-corrected chi connectivity index (χ1v) is 8.05. The topological polar surface area (TPSA) is 12.0 Å². The molecular weight excluding hydrogens is 348 g/mol. The second kappa shape index (κ2) is 7.21. The first-order chi connectivity index (χ1) is 9.88. The standard InChI is InChI=1S/C16H15Cl4N/c1-9(13-5-3-12(18)8-16(13)20)21-10(2)14-7-11(17)4-6-15(14)19/h3-10,21H,1-2H3. The van der Waals surface area contributed by atoms with Crippen LogP contribution in [0.25, 0.3) is 0 Å². The van der Waals surface area contributed by atoms with Crippen LogP contribution in [0.5, 0.6) is 0 Å². The zero-order valence-corrected chi connectivity index (χ0v) is 14.7. The molecule has 0 saturated heterocycles. The van der Waals surface area contributed by atoms with Gasteiger partial charge in [0.2, 0.25) is 0 Å². The highest BCUT2D eigenvalue weighted by atomic mass is 35.5. The smallest absolute Gasteiger partial charge is 0.0468 e. The summed E-state index contributed by atoms with van der Waals surface area (Å²) >= 11 is 24.4. The lowest BCUT2D eigenvalue weighted by molar-refractivity contribution is 0.495. The molecule has 0 amide bonds. The summed E-state index contributed by atoms with van der Waals surface area (Å²) in [6, 6.07) is 11.0. The fraction of sp³-hybridized carbons (Fsp3) is 0.250. The molecule has 5 heteroatoms. The van der Waals surface area contributed by atoms with Crippen LogP contribution in [0.15, 0.2) is 36.4 Å². The second-order valence-corrected chi connectivity index (χ2v) is 6.63. The van der Waals surface area contributed by atoms with Gasteiger partial charge in [0.15, 0.2) is 0 Å². The highest BCUT2D eigenvalue weighted by Gasteiger charge is 2.16. The molecule has 0 spiro atoms. The lowest BCUT2D eigenvalue weighted by Crippen LogP contribution is -2.23. The fourth-order valence-corrected chi connectivity index (χ4v) is 3.29. The van der Waals surface area contributed by atoms with Crippen molar-refractivity contribution in [2.75, 3.05) is 0 Å². The first-order valence-electron chi connectivity index (χ1n) is 6.54. The lowest BCUT2D eigenvalue weighted by atomic mass is 10.0. The van der Waals surface area contributed by atoms with Crippen LogP contribution < -0.4 is 5.32 Å². The molecule has 0 aliphatic rings. The molecule has 2 atom stereocenters. The van der Waals surface area contributed by atoms with Crippen LogP contribution in [0.3, 0.4) is 0 Å². The monoisotopic (exact) mass is 361 g/mol. The Hall–Kier alpha value is -0.440. The maximum Gasteiger partial charge on any atom is 0.0468 e. The van der Waals surface area contributed by atoms with Gasteiger partial charge in [-0.1, -0.05) is 52.5 Å². The zero-order chi connectivity index (χ0) is 15.6. The Kier molecular flexibility index (Phi) is 5.81. The fourth-order valence-electron chi connectivity index (χ4n) is 2.25. The number of rotatable bonds is 4. The molecule has 112 valence electrons. The highest BCUT2D eigenvalue weighted by molar-refractivity contribution is 6.35. The Labute approximate surface area is 145 Å². The molecule has 0 saturated carbocycles. The van der Waals surface area contributed by atoms with Gasteiger partial charge in [0.25, 0.3) is 0 Å². The van der Waals surface area contributed by atoms with Gasteiger partial charge < -0.3 is 5.32 Å². The van der Waals surface area contributed by atoms with Crippen molar-refractivity contribution in [2.24, 2.45) is 0 Å². The molecule has 2 rings (SSSR count). The predicted molar refractivity (Wildman–Crippen MR) is 92.9 cm³/mol. The average molecular weight is 363 g/mol. The van der Waals surface area contributed by atoms with Gasteiger partial charge in [0, 0.05) is 32.2 Å². The molecule has 0 aliphatic heterocycles. The number of halogens is 4. The van der Waals surface area contributed by atoms with E-state index in [0.29, 0.717) is 20.1 Å². The van der Waals surface area contributed by atoms with Gasteiger partial charge >= 0.3 is 0 Å². The van der Waals surface area contributed by atoms with Crippen LogP contribution in [0.1, 0.15) is 37.1 Å². The maximum atomic E-state index is 6.24. The molecule has 0 aliphatic carbocycles. The van der Waals surface area contributed by atoms with Crippen molar-refractivity contribution in [2.45, 2.75) is 25.9 Å². The van der Waals surface area contributed by atoms with Crippen molar-refractivity contribution in [3.8, 4) is 0 Å². The van der Waals surface area contributed by atoms with E-state index in [0.717, 1.165) is 11.1 Å². The van der Waals surface area contributed by atoms with Crippen LogP contribution >= 0.6 is 46.4 Å². The Balaban J connectivity index is 2.18. The summed E-state index contributed by atoms with van der Waals surface area (Å²) in [6.45, 7) is 4.09. The van der Waals surface area contributed by atoms with E-state index in [1.54, 1.807) is 18.2 Å². The molecule has 0 radical (unpaired) electrons. The minimum Gasteiger partial charge on any atom is -0.304 e. The van der Waals surface area contributed by atoms with E-state index in [4.69, 9.17) is 46.4 Å². The number of hydrogen-bond acceptors (Lipinski definition) is 1. The van der Waals surface area contributed by atoms with E-state index in [2.05, 4.69) is 5.32 Å². The van der Waals surface area contributed by atoms with Crippen LogP contribution in [-0.2, 0) is 0 Å². The van der Waals surface area contributed by atoms with Crippen molar-refractivity contribution >= 4 is 46.4 Å².